The number of furan rings is 1. The fraction of sp³-hybridized carbons (Fsp3) is 0.400. The van der Waals surface area contributed by atoms with E-state index in [0.717, 1.165) is 18.7 Å². The highest BCUT2D eigenvalue weighted by Crippen LogP contribution is 2.33. The molecule has 2 aliphatic heterocycles. The highest BCUT2D eigenvalue weighted by molar-refractivity contribution is 5.92. The standard InChI is InChI=1S/C30H36N4O8/c1-37-25-15-23(16-26(17-25)38-2)31-30(36)33(8-7-32-9-12-39-13-10-32)20-29(35)34(19-24-4-3-11-40-24)18-22-5-6-27-28(14-22)42-21-41-27/h3-6,11,14-17H,7-10,12-13,18-21H2,1-2H3,(H,31,36). The molecule has 3 heterocycles. The molecule has 5 rings (SSSR count). The van der Waals surface area contributed by atoms with Gasteiger partial charge in [-0.3, -0.25) is 9.69 Å². The van der Waals surface area contributed by atoms with Crippen LogP contribution in [-0.2, 0) is 22.6 Å². The average Bonchev–Trinajstić information content (AvgIpc) is 3.71. The summed E-state index contributed by atoms with van der Waals surface area (Å²) in [4.78, 5) is 32.9. The minimum atomic E-state index is -0.409. The quantitative estimate of drug-likeness (QED) is 0.344. The van der Waals surface area contributed by atoms with Crippen molar-refractivity contribution >= 4 is 17.6 Å². The van der Waals surface area contributed by atoms with Gasteiger partial charge < -0.3 is 43.2 Å². The topological polar surface area (TPSA) is 115 Å². The Morgan fingerprint density at radius 2 is 1.69 bits per heavy atom. The Bertz CT molecular complexity index is 1320. The summed E-state index contributed by atoms with van der Waals surface area (Å²) >= 11 is 0. The Morgan fingerprint density at radius 3 is 2.40 bits per heavy atom. The zero-order valence-corrected chi connectivity index (χ0v) is 23.9. The number of morpholine rings is 1. The third-order valence-electron chi connectivity index (χ3n) is 7.10. The Morgan fingerprint density at radius 1 is 0.929 bits per heavy atom. The number of fused-ring (bicyclic) bond motifs is 1. The van der Waals surface area contributed by atoms with Gasteiger partial charge in [-0.25, -0.2) is 4.79 Å². The maximum atomic E-state index is 13.9. The van der Waals surface area contributed by atoms with Crippen LogP contribution in [0.1, 0.15) is 11.3 Å². The molecule has 0 saturated carbocycles. The number of urea groups is 1. The maximum Gasteiger partial charge on any atom is 0.322 e. The lowest BCUT2D eigenvalue weighted by molar-refractivity contribution is -0.133. The first-order valence-electron chi connectivity index (χ1n) is 13.8. The summed E-state index contributed by atoms with van der Waals surface area (Å²) in [6.45, 7) is 4.33. The minimum absolute atomic E-state index is 0.136. The molecule has 1 N–H and O–H groups in total. The van der Waals surface area contributed by atoms with Gasteiger partial charge in [0, 0.05) is 56.6 Å². The molecule has 2 aromatic carbocycles. The lowest BCUT2D eigenvalue weighted by Gasteiger charge is -2.31. The van der Waals surface area contributed by atoms with Crippen molar-refractivity contribution in [1.29, 1.82) is 0 Å². The van der Waals surface area contributed by atoms with E-state index in [4.69, 9.17) is 28.1 Å². The summed E-state index contributed by atoms with van der Waals surface area (Å²) in [5.41, 5.74) is 1.36. The van der Waals surface area contributed by atoms with Crippen molar-refractivity contribution in [3.05, 3.63) is 66.1 Å². The predicted octanol–water partition coefficient (Wildman–Crippen LogP) is 3.42. The summed E-state index contributed by atoms with van der Waals surface area (Å²) in [5, 5.41) is 2.91. The van der Waals surface area contributed by atoms with Gasteiger partial charge in [0.25, 0.3) is 0 Å². The zero-order chi connectivity index (χ0) is 29.3. The molecule has 12 heteroatoms. The van der Waals surface area contributed by atoms with Crippen LogP contribution in [0.15, 0.2) is 59.2 Å². The maximum absolute atomic E-state index is 13.9. The molecule has 1 aromatic heterocycles. The highest BCUT2D eigenvalue weighted by atomic mass is 16.7. The van der Waals surface area contributed by atoms with E-state index in [1.165, 1.54) is 4.90 Å². The first-order valence-corrected chi connectivity index (χ1v) is 13.8. The van der Waals surface area contributed by atoms with Gasteiger partial charge in [-0.15, -0.1) is 0 Å². The zero-order valence-electron chi connectivity index (χ0n) is 23.9. The van der Waals surface area contributed by atoms with Gasteiger partial charge in [-0.2, -0.15) is 0 Å². The molecule has 0 atom stereocenters. The molecule has 224 valence electrons. The average molecular weight is 581 g/mol. The molecule has 1 saturated heterocycles. The number of carbonyl (C=O) groups excluding carboxylic acids is 2. The van der Waals surface area contributed by atoms with Crippen LogP contribution in [0.4, 0.5) is 10.5 Å². The second kappa shape index (κ2) is 14.0. The fourth-order valence-electron chi connectivity index (χ4n) is 4.77. The first kappa shape index (κ1) is 29.1. The van der Waals surface area contributed by atoms with E-state index in [1.54, 1.807) is 49.6 Å². The van der Waals surface area contributed by atoms with Crippen molar-refractivity contribution in [3.8, 4) is 23.0 Å². The number of rotatable bonds is 12. The normalized spacial score (nSPS) is 14.3. The van der Waals surface area contributed by atoms with E-state index in [0.29, 0.717) is 67.3 Å². The van der Waals surface area contributed by atoms with Crippen molar-refractivity contribution < 1.29 is 37.7 Å². The first-order chi connectivity index (χ1) is 20.5. The molecule has 3 amide bonds. The van der Waals surface area contributed by atoms with Crippen LogP contribution in [0.25, 0.3) is 0 Å². The fourth-order valence-corrected chi connectivity index (χ4v) is 4.77. The second-order valence-electron chi connectivity index (χ2n) is 9.92. The third-order valence-corrected chi connectivity index (χ3v) is 7.10. The van der Waals surface area contributed by atoms with E-state index in [2.05, 4.69) is 10.2 Å². The molecule has 2 aliphatic rings. The molecule has 12 nitrogen and oxygen atoms in total. The van der Waals surface area contributed by atoms with Gasteiger partial charge in [-0.05, 0) is 29.8 Å². The molecule has 1 fully saturated rings. The number of nitrogens with zero attached hydrogens (tertiary/aromatic N) is 3. The number of nitrogens with one attached hydrogen (secondary N) is 1. The predicted molar refractivity (Wildman–Crippen MR) is 153 cm³/mol. The molecule has 3 aromatic rings. The number of amides is 3. The van der Waals surface area contributed by atoms with Gasteiger partial charge >= 0.3 is 6.03 Å². The van der Waals surface area contributed by atoms with Crippen molar-refractivity contribution in [3.63, 3.8) is 0 Å². The molecule has 0 radical (unpaired) electrons. The second-order valence-corrected chi connectivity index (χ2v) is 9.92. The van der Waals surface area contributed by atoms with Gasteiger partial charge in [-0.1, -0.05) is 6.07 Å². The number of hydrogen-bond donors (Lipinski definition) is 1. The number of anilines is 1. The van der Waals surface area contributed by atoms with Crippen molar-refractivity contribution in [1.82, 2.24) is 14.7 Å². The SMILES string of the molecule is COc1cc(NC(=O)N(CCN2CCOCC2)CC(=O)N(Cc2ccc3c(c2)OCO3)Cc2ccco2)cc(OC)c1. The van der Waals surface area contributed by atoms with Crippen LogP contribution < -0.4 is 24.3 Å². The van der Waals surface area contributed by atoms with Crippen LogP contribution in [-0.4, -0.2) is 93.6 Å². The summed E-state index contributed by atoms with van der Waals surface area (Å²) < 4.78 is 32.7. The van der Waals surface area contributed by atoms with Crippen LogP contribution in [0.5, 0.6) is 23.0 Å². The number of hydrogen-bond acceptors (Lipinski definition) is 9. The van der Waals surface area contributed by atoms with E-state index in [-0.39, 0.29) is 25.8 Å². The van der Waals surface area contributed by atoms with Crippen LogP contribution in [0, 0.1) is 0 Å². The smallest absolute Gasteiger partial charge is 0.322 e. The molecular formula is C30H36N4O8. The molecule has 0 unspecified atom stereocenters. The molecular weight excluding hydrogens is 544 g/mol. The van der Waals surface area contributed by atoms with Crippen molar-refractivity contribution in [2.75, 3.05) is 72.3 Å². The minimum Gasteiger partial charge on any atom is -0.497 e. The molecule has 0 aliphatic carbocycles. The van der Waals surface area contributed by atoms with Gasteiger partial charge in [0.05, 0.1) is 40.2 Å². The van der Waals surface area contributed by atoms with E-state index in [1.807, 2.05) is 24.3 Å². The van der Waals surface area contributed by atoms with E-state index < -0.39 is 6.03 Å². The third kappa shape index (κ3) is 7.65. The van der Waals surface area contributed by atoms with Gasteiger partial charge in [0.1, 0.15) is 23.8 Å². The highest BCUT2D eigenvalue weighted by Gasteiger charge is 2.25. The van der Waals surface area contributed by atoms with Crippen LogP contribution in [0.3, 0.4) is 0 Å². The number of benzene rings is 2. The van der Waals surface area contributed by atoms with Crippen LogP contribution in [0.2, 0.25) is 0 Å². The number of carbonyl (C=O) groups is 2. The van der Waals surface area contributed by atoms with E-state index >= 15 is 0 Å². The largest absolute Gasteiger partial charge is 0.497 e. The molecule has 0 spiro atoms. The van der Waals surface area contributed by atoms with E-state index in [9.17, 15) is 9.59 Å². The summed E-state index contributed by atoms with van der Waals surface area (Å²) in [5.74, 6) is 2.78. The monoisotopic (exact) mass is 580 g/mol. The van der Waals surface area contributed by atoms with Crippen molar-refractivity contribution in [2.45, 2.75) is 13.1 Å². The summed E-state index contributed by atoms with van der Waals surface area (Å²) in [7, 11) is 3.09. The summed E-state index contributed by atoms with van der Waals surface area (Å²) in [6, 6.07) is 13.9. The molecule has 0 bridgehead atoms. The Hall–Kier alpha value is -4.42. The Labute approximate surface area is 244 Å². The van der Waals surface area contributed by atoms with Gasteiger partial charge in [0.2, 0.25) is 12.7 Å². The summed E-state index contributed by atoms with van der Waals surface area (Å²) in [6.07, 6.45) is 1.57. The van der Waals surface area contributed by atoms with Gasteiger partial charge in [0.15, 0.2) is 11.5 Å². The van der Waals surface area contributed by atoms with Crippen molar-refractivity contribution in [2.24, 2.45) is 0 Å². The Kier molecular flexibility index (Phi) is 9.67. The molecule has 42 heavy (non-hydrogen) atoms. The van der Waals surface area contributed by atoms with Crippen LogP contribution >= 0.6 is 0 Å². The number of methoxy groups -OCH3 is 2. The lowest BCUT2D eigenvalue weighted by Crippen LogP contribution is -2.48. The number of ether oxygens (including phenoxy) is 5. The lowest BCUT2D eigenvalue weighted by atomic mass is 10.2. The Balaban J connectivity index is 1.34.